The zero-order chi connectivity index (χ0) is 18.4. The molecular weight excluding hydrogens is 362 g/mol. The second-order valence-electron chi connectivity index (χ2n) is 5.84. The Morgan fingerprint density at radius 1 is 1.28 bits per heavy atom. The normalized spacial score (nSPS) is 12.0. The Kier molecular flexibility index (Phi) is 6.65. The highest BCUT2D eigenvalue weighted by Crippen LogP contribution is 2.18. The number of carbonyl (C=O) groups excluding carboxylic acids is 2. The van der Waals surface area contributed by atoms with Crippen molar-refractivity contribution in [2.45, 2.75) is 32.7 Å². The van der Waals surface area contributed by atoms with Crippen molar-refractivity contribution in [2.75, 3.05) is 5.32 Å². The molecule has 0 aliphatic heterocycles. The third-order valence-corrected chi connectivity index (χ3v) is 4.87. The summed E-state index contributed by atoms with van der Waals surface area (Å²) in [4.78, 5) is 39.9. The second-order valence-corrected chi connectivity index (χ2v) is 7.65. The molecule has 7 nitrogen and oxygen atoms in total. The van der Waals surface area contributed by atoms with Crippen LogP contribution in [0.1, 0.15) is 35.6 Å². The Bertz CT molecular complexity index is 740. The molecule has 1 unspecified atom stereocenters. The molecule has 0 saturated heterocycles. The van der Waals surface area contributed by atoms with Crippen molar-refractivity contribution in [1.82, 2.24) is 10.3 Å². The molecule has 0 saturated carbocycles. The number of hydrogen-bond donors (Lipinski definition) is 3. The molecule has 2 aromatic rings. The van der Waals surface area contributed by atoms with Crippen LogP contribution in [0.15, 0.2) is 22.9 Å². The van der Waals surface area contributed by atoms with Crippen molar-refractivity contribution in [3.8, 4) is 0 Å². The maximum absolute atomic E-state index is 12.0. The minimum absolute atomic E-state index is 0.0345. The molecule has 0 aromatic carbocycles. The van der Waals surface area contributed by atoms with Crippen molar-refractivity contribution in [3.05, 3.63) is 33.5 Å². The molecule has 25 heavy (non-hydrogen) atoms. The smallest absolute Gasteiger partial charge is 0.326 e. The lowest BCUT2D eigenvalue weighted by molar-refractivity contribution is -0.142. The summed E-state index contributed by atoms with van der Waals surface area (Å²) in [5.74, 6) is -1.55. The second kappa shape index (κ2) is 8.72. The number of carboxylic acid groups (broad SMARTS) is 1. The number of carboxylic acids is 1. The van der Waals surface area contributed by atoms with Gasteiger partial charge in [0.1, 0.15) is 6.04 Å². The molecule has 2 rings (SSSR count). The molecule has 134 valence electrons. The Morgan fingerprint density at radius 3 is 2.64 bits per heavy atom. The quantitative estimate of drug-likeness (QED) is 0.651. The molecule has 3 N–H and O–H groups in total. The van der Waals surface area contributed by atoms with Crippen LogP contribution in [0.5, 0.6) is 0 Å². The van der Waals surface area contributed by atoms with E-state index in [0.717, 1.165) is 0 Å². The molecule has 0 spiro atoms. The topological polar surface area (TPSA) is 108 Å². The number of carbonyl (C=O) groups is 3. The van der Waals surface area contributed by atoms with E-state index in [1.54, 1.807) is 17.5 Å². The average molecular weight is 381 g/mol. The van der Waals surface area contributed by atoms with E-state index in [9.17, 15) is 14.4 Å². The van der Waals surface area contributed by atoms with Gasteiger partial charge in [0.25, 0.3) is 5.91 Å². The van der Waals surface area contributed by atoms with E-state index in [1.165, 1.54) is 22.7 Å². The van der Waals surface area contributed by atoms with Gasteiger partial charge in [0, 0.05) is 5.38 Å². The van der Waals surface area contributed by atoms with Gasteiger partial charge in [0.15, 0.2) is 5.13 Å². The Labute approximate surface area is 153 Å². The van der Waals surface area contributed by atoms with Crippen LogP contribution >= 0.6 is 22.7 Å². The number of aliphatic carboxylic acids is 1. The molecule has 2 amide bonds. The number of nitrogens with zero attached hydrogens (tertiary/aromatic N) is 1. The number of aromatic nitrogens is 1. The van der Waals surface area contributed by atoms with E-state index in [0.29, 0.717) is 22.1 Å². The van der Waals surface area contributed by atoms with Crippen molar-refractivity contribution >= 4 is 45.6 Å². The summed E-state index contributed by atoms with van der Waals surface area (Å²) in [5, 5.41) is 18.2. The summed E-state index contributed by atoms with van der Waals surface area (Å²) in [6, 6.07) is 2.58. The fraction of sp³-hybridized carbons (Fsp3) is 0.375. The van der Waals surface area contributed by atoms with Gasteiger partial charge in [-0.1, -0.05) is 19.9 Å². The molecule has 0 aliphatic carbocycles. The number of thiophene rings is 1. The molecule has 0 radical (unpaired) electrons. The highest BCUT2D eigenvalue weighted by molar-refractivity contribution is 7.14. The van der Waals surface area contributed by atoms with Crippen molar-refractivity contribution in [2.24, 2.45) is 5.92 Å². The van der Waals surface area contributed by atoms with Gasteiger partial charge in [0.2, 0.25) is 5.91 Å². The number of anilines is 1. The Hall–Kier alpha value is -2.26. The van der Waals surface area contributed by atoms with Gasteiger partial charge in [-0.05, 0) is 23.8 Å². The summed E-state index contributed by atoms with van der Waals surface area (Å²) in [5.41, 5.74) is 0.484. The largest absolute Gasteiger partial charge is 0.480 e. The van der Waals surface area contributed by atoms with Gasteiger partial charge >= 0.3 is 5.97 Å². The average Bonchev–Trinajstić information content (AvgIpc) is 3.17. The molecule has 0 aliphatic rings. The molecule has 9 heteroatoms. The fourth-order valence-electron chi connectivity index (χ4n) is 2.11. The molecular formula is C16H19N3O4S2. The SMILES string of the molecule is CC(C)CC(NC(=O)Cc1csc(NC(=O)c2cccs2)n1)C(=O)O. The summed E-state index contributed by atoms with van der Waals surface area (Å²) in [7, 11) is 0. The van der Waals surface area contributed by atoms with Crippen LogP contribution in [-0.4, -0.2) is 33.9 Å². The maximum Gasteiger partial charge on any atom is 0.326 e. The third-order valence-electron chi connectivity index (χ3n) is 3.20. The zero-order valence-corrected chi connectivity index (χ0v) is 15.4. The van der Waals surface area contributed by atoms with Crippen molar-refractivity contribution < 1.29 is 19.5 Å². The van der Waals surface area contributed by atoms with Crippen LogP contribution in [0.4, 0.5) is 5.13 Å². The van der Waals surface area contributed by atoms with Gasteiger partial charge in [-0.15, -0.1) is 22.7 Å². The number of thiazole rings is 1. The first-order valence-electron chi connectivity index (χ1n) is 7.66. The predicted molar refractivity (Wildman–Crippen MR) is 97.1 cm³/mol. The molecule has 0 fully saturated rings. The summed E-state index contributed by atoms with van der Waals surface area (Å²) in [6.45, 7) is 3.79. The van der Waals surface area contributed by atoms with E-state index in [4.69, 9.17) is 5.11 Å². The van der Waals surface area contributed by atoms with Crippen LogP contribution in [-0.2, 0) is 16.0 Å². The molecule has 1 atom stereocenters. The van der Waals surface area contributed by atoms with Crippen LogP contribution in [0, 0.1) is 5.92 Å². The third kappa shape index (κ3) is 5.95. The molecule has 0 bridgehead atoms. The standard InChI is InChI=1S/C16H19N3O4S2/c1-9(2)6-11(15(22)23)18-13(20)7-10-8-25-16(17-10)19-14(21)12-4-3-5-24-12/h3-5,8-9,11H,6-7H2,1-2H3,(H,18,20)(H,22,23)(H,17,19,21). The van der Waals surface area contributed by atoms with Gasteiger partial charge in [0.05, 0.1) is 17.0 Å². The van der Waals surface area contributed by atoms with Crippen LogP contribution in [0.3, 0.4) is 0 Å². The van der Waals surface area contributed by atoms with E-state index < -0.39 is 17.9 Å². The van der Waals surface area contributed by atoms with E-state index in [-0.39, 0.29) is 18.2 Å². The van der Waals surface area contributed by atoms with Crippen molar-refractivity contribution in [3.63, 3.8) is 0 Å². The van der Waals surface area contributed by atoms with E-state index in [2.05, 4.69) is 15.6 Å². The number of hydrogen-bond acceptors (Lipinski definition) is 6. The lowest BCUT2D eigenvalue weighted by Gasteiger charge is -2.16. The monoisotopic (exact) mass is 381 g/mol. The van der Waals surface area contributed by atoms with Crippen LogP contribution in [0.25, 0.3) is 0 Å². The zero-order valence-electron chi connectivity index (χ0n) is 13.8. The van der Waals surface area contributed by atoms with Crippen molar-refractivity contribution in [1.29, 1.82) is 0 Å². The minimum atomic E-state index is -1.05. The van der Waals surface area contributed by atoms with Gasteiger partial charge in [-0.2, -0.15) is 0 Å². The number of amides is 2. The van der Waals surface area contributed by atoms with E-state index in [1.807, 2.05) is 19.2 Å². The number of nitrogens with one attached hydrogen (secondary N) is 2. The lowest BCUT2D eigenvalue weighted by atomic mass is 10.0. The summed E-state index contributed by atoms with van der Waals surface area (Å²) >= 11 is 2.55. The van der Waals surface area contributed by atoms with Crippen LogP contribution < -0.4 is 10.6 Å². The highest BCUT2D eigenvalue weighted by Gasteiger charge is 2.21. The summed E-state index contributed by atoms with van der Waals surface area (Å²) in [6.07, 6.45) is 0.327. The fourth-order valence-corrected chi connectivity index (χ4v) is 3.44. The number of rotatable bonds is 8. The Balaban J connectivity index is 1.90. The van der Waals surface area contributed by atoms with Gasteiger partial charge < -0.3 is 10.4 Å². The highest BCUT2D eigenvalue weighted by atomic mass is 32.1. The first-order valence-corrected chi connectivity index (χ1v) is 9.42. The van der Waals surface area contributed by atoms with Gasteiger partial charge in [-0.3, -0.25) is 14.9 Å². The maximum atomic E-state index is 12.0. The summed E-state index contributed by atoms with van der Waals surface area (Å²) < 4.78 is 0. The molecule has 2 aromatic heterocycles. The molecule has 2 heterocycles. The lowest BCUT2D eigenvalue weighted by Crippen LogP contribution is -2.42. The minimum Gasteiger partial charge on any atom is -0.480 e. The van der Waals surface area contributed by atoms with E-state index >= 15 is 0 Å². The first kappa shape index (κ1) is 19.1. The van der Waals surface area contributed by atoms with Crippen LogP contribution in [0.2, 0.25) is 0 Å². The van der Waals surface area contributed by atoms with Gasteiger partial charge in [-0.25, -0.2) is 9.78 Å². The first-order chi connectivity index (χ1) is 11.8. The predicted octanol–water partition coefficient (Wildman–Crippen LogP) is 2.61. The Morgan fingerprint density at radius 2 is 2.04 bits per heavy atom.